The fraction of sp³-hybridized carbons (Fsp3) is 0.500. The fourth-order valence-corrected chi connectivity index (χ4v) is 2.20. The number of fused-ring (bicyclic) bond motifs is 1. The van der Waals surface area contributed by atoms with Crippen LogP contribution in [-0.4, -0.2) is 6.73 Å². The van der Waals surface area contributed by atoms with E-state index in [0.717, 1.165) is 12.8 Å². The standard InChI is InChI=1S/C12H17NO/c1-3-12(4-2)10-7-5-6-8-11(10)13-9-14-12/h5-8,13H,3-4,9H2,1-2H3. The Kier molecular flexibility index (Phi) is 2.46. The van der Waals surface area contributed by atoms with E-state index >= 15 is 0 Å². The number of rotatable bonds is 2. The number of para-hydroxylation sites is 1. The lowest BCUT2D eigenvalue weighted by Gasteiger charge is -2.38. The van der Waals surface area contributed by atoms with Crippen LogP contribution in [-0.2, 0) is 10.3 Å². The Morgan fingerprint density at radius 1 is 1.29 bits per heavy atom. The molecule has 2 nitrogen and oxygen atoms in total. The Hall–Kier alpha value is -1.02. The smallest absolute Gasteiger partial charge is 0.117 e. The molecule has 1 aromatic carbocycles. The molecule has 0 saturated heterocycles. The molecule has 0 unspecified atom stereocenters. The average molecular weight is 191 g/mol. The van der Waals surface area contributed by atoms with Gasteiger partial charge in [0.2, 0.25) is 0 Å². The van der Waals surface area contributed by atoms with E-state index in [0.29, 0.717) is 6.73 Å². The van der Waals surface area contributed by atoms with Gasteiger partial charge < -0.3 is 10.1 Å². The minimum Gasteiger partial charge on any atom is -0.362 e. The lowest BCUT2D eigenvalue weighted by molar-refractivity contribution is -0.0542. The number of nitrogens with one attached hydrogen (secondary N) is 1. The Morgan fingerprint density at radius 3 is 2.71 bits per heavy atom. The second-order valence-corrected chi connectivity index (χ2v) is 3.71. The third kappa shape index (κ3) is 1.30. The predicted octanol–water partition coefficient (Wildman–Crippen LogP) is 3.10. The number of hydrogen-bond acceptors (Lipinski definition) is 2. The second-order valence-electron chi connectivity index (χ2n) is 3.71. The third-order valence-electron chi connectivity index (χ3n) is 3.17. The molecule has 1 aromatic rings. The quantitative estimate of drug-likeness (QED) is 0.775. The van der Waals surface area contributed by atoms with Gasteiger partial charge in [-0.2, -0.15) is 0 Å². The van der Waals surface area contributed by atoms with Crippen molar-refractivity contribution in [3.8, 4) is 0 Å². The number of ether oxygens (including phenoxy) is 1. The van der Waals surface area contributed by atoms with Crippen molar-refractivity contribution in [2.24, 2.45) is 0 Å². The van der Waals surface area contributed by atoms with Gasteiger partial charge >= 0.3 is 0 Å². The Bertz CT molecular complexity index is 318. The summed E-state index contributed by atoms with van der Waals surface area (Å²) in [4.78, 5) is 0. The summed E-state index contributed by atoms with van der Waals surface area (Å²) in [5.74, 6) is 0. The van der Waals surface area contributed by atoms with Crippen molar-refractivity contribution in [2.45, 2.75) is 32.3 Å². The lowest BCUT2D eigenvalue weighted by Crippen LogP contribution is -2.35. The van der Waals surface area contributed by atoms with Crippen molar-refractivity contribution in [3.05, 3.63) is 29.8 Å². The predicted molar refractivity (Wildman–Crippen MR) is 58.3 cm³/mol. The molecule has 1 aliphatic rings. The first-order chi connectivity index (χ1) is 6.82. The zero-order valence-electron chi connectivity index (χ0n) is 8.84. The van der Waals surface area contributed by atoms with Crippen LogP contribution in [0.2, 0.25) is 0 Å². The topological polar surface area (TPSA) is 21.3 Å². The van der Waals surface area contributed by atoms with E-state index in [-0.39, 0.29) is 5.60 Å². The molecule has 1 heterocycles. The molecule has 1 aliphatic heterocycles. The highest BCUT2D eigenvalue weighted by atomic mass is 16.5. The van der Waals surface area contributed by atoms with Crippen LogP contribution >= 0.6 is 0 Å². The minimum atomic E-state index is -0.0676. The van der Waals surface area contributed by atoms with Crippen LogP contribution in [0, 0.1) is 0 Å². The summed E-state index contributed by atoms with van der Waals surface area (Å²) in [6.45, 7) is 5.00. The van der Waals surface area contributed by atoms with Crippen LogP contribution in [0.3, 0.4) is 0 Å². The summed E-state index contributed by atoms with van der Waals surface area (Å²) in [6, 6.07) is 8.43. The van der Waals surface area contributed by atoms with E-state index in [1.807, 2.05) is 0 Å². The fourth-order valence-electron chi connectivity index (χ4n) is 2.20. The van der Waals surface area contributed by atoms with Crippen LogP contribution in [0.25, 0.3) is 0 Å². The van der Waals surface area contributed by atoms with Crippen molar-refractivity contribution in [2.75, 3.05) is 12.0 Å². The van der Waals surface area contributed by atoms with Crippen LogP contribution in [0.5, 0.6) is 0 Å². The first-order valence-electron chi connectivity index (χ1n) is 5.30. The molecule has 0 fully saturated rings. The van der Waals surface area contributed by atoms with Crippen molar-refractivity contribution in [3.63, 3.8) is 0 Å². The largest absolute Gasteiger partial charge is 0.362 e. The van der Waals surface area contributed by atoms with Gasteiger partial charge in [-0.15, -0.1) is 0 Å². The first kappa shape index (κ1) is 9.53. The molecule has 0 radical (unpaired) electrons. The number of anilines is 1. The van der Waals surface area contributed by atoms with Crippen LogP contribution in [0.15, 0.2) is 24.3 Å². The average Bonchev–Trinajstić information content (AvgIpc) is 2.28. The molecule has 0 amide bonds. The molecule has 0 atom stereocenters. The van der Waals surface area contributed by atoms with Crippen molar-refractivity contribution >= 4 is 5.69 Å². The maximum Gasteiger partial charge on any atom is 0.117 e. The second kappa shape index (κ2) is 3.62. The Labute approximate surface area is 85.3 Å². The Morgan fingerprint density at radius 2 is 2.00 bits per heavy atom. The Balaban J connectivity index is 2.48. The van der Waals surface area contributed by atoms with Gasteiger partial charge in [0.1, 0.15) is 6.73 Å². The molecule has 2 heteroatoms. The summed E-state index contributed by atoms with van der Waals surface area (Å²) >= 11 is 0. The maximum absolute atomic E-state index is 5.88. The highest BCUT2D eigenvalue weighted by Gasteiger charge is 2.34. The highest BCUT2D eigenvalue weighted by Crippen LogP contribution is 2.39. The maximum atomic E-state index is 5.88. The zero-order valence-corrected chi connectivity index (χ0v) is 8.84. The van der Waals surface area contributed by atoms with E-state index in [9.17, 15) is 0 Å². The van der Waals surface area contributed by atoms with Gasteiger partial charge in [0, 0.05) is 11.3 Å². The van der Waals surface area contributed by atoms with Gasteiger partial charge in [-0.25, -0.2) is 0 Å². The van der Waals surface area contributed by atoms with E-state index in [1.165, 1.54) is 11.3 Å². The number of benzene rings is 1. The van der Waals surface area contributed by atoms with Crippen molar-refractivity contribution in [1.82, 2.24) is 0 Å². The van der Waals surface area contributed by atoms with Crippen molar-refractivity contribution < 1.29 is 4.74 Å². The van der Waals surface area contributed by atoms with E-state index in [4.69, 9.17) is 4.74 Å². The summed E-state index contributed by atoms with van der Waals surface area (Å²) in [7, 11) is 0. The molecule has 1 N–H and O–H groups in total. The third-order valence-corrected chi connectivity index (χ3v) is 3.17. The molecule has 0 saturated carbocycles. The van der Waals surface area contributed by atoms with Crippen LogP contribution < -0.4 is 5.32 Å². The summed E-state index contributed by atoms with van der Waals surface area (Å²) in [5, 5.41) is 3.26. The van der Waals surface area contributed by atoms with Crippen LogP contribution in [0.1, 0.15) is 32.3 Å². The summed E-state index contributed by atoms with van der Waals surface area (Å²) in [6.07, 6.45) is 2.06. The van der Waals surface area contributed by atoms with Crippen LogP contribution in [0.4, 0.5) is 5.69 Å². The molecule has 76 valence electrons. The van der Waals surface area contributed by atoms with Gasteiger partial charge in [0.25, 0.3) is 0 Å². The first-order valence-corrected chi connectivity index (χ1v) is 5.30. The molecule has 14 heavy (non-hydrogen) atoms. The van der Waals surface area contributed by atoms with Gasteiger partial charge in [0.05, 0.1) is 5.60 Å². The SMILES string of the molecule is CCC1(CC)OCNc2ccccc21. The minimum absolute atomic E-state index is 0.0676. The van der Waals surface area contributed by atoms with E-state index in [2.05, 4.69) is 43.4 Å². The van der Waals surface area contributed by atoms with Gasteiger partial charge in [-0.05, 0) is 18.9 Å². The molecule has 2 rings (SSSR count). The lowest BCUT2D eigenvalue weighted by atomic mass is 9.86. The summed E-state index contributed by atoms with van der Waals surface area (Å²) < 4.78 is 5.88. The molecule has 0 aliphatic carbocycles. The van der Waals surface area contributed by atoms with Gasteiger partial charge in [-0.3, -0.25) is 0 Å². The van der Waals surface area contributed by atoms with E-state index in [1.54, 1.807) is 0 Å². The zero-order chi connectivity index (χ0) is 10.0. The monoisotopic (exact) mass is 191 g/mol. The van der Waals surface area contributed by atoms with Crippen molar-refractivity contribution in [1.29, 1.82) is 0 Å². The molecular weight excluding hydrogens is 174 g/mol. The summed E-state index contributed by atoms with van der Waals surface area (Å²) in [5.41, 5.74) is 2.46. The molecule has 0 spiro atoms. The van der Waals surface area contributed by atoms with Gasteiger partial charge in [-0.1, -0.05) is 32.0 Å². The highest BCUT2D eigenvalue weighted by molar-refractivity contribution is 5.55. The van der Waals surface area contributed by atoms with Gasteiger partial charge in [0.15, 0.2) is 0 Å². The normalized spacial score (nSPS) is 18.4. The molecule has 0 aromatic heterocycles. The molecular formula is C12H17NO. The molecule has 0 bridgehead atoms. The van der Waals surface area contributed by atoms with E-state index < -0.39 is 0 Å². The number of hydrogen-bond donors (Lipinski definition) is 1.